The fraction of sp³-hybridized carbons (Fsp3) is 0.333. The van der Waals surface area contributed by atoms with Crippen molar-refractivity contribution in [2.75, 3.05) is 11.9 Å². The van der Waals surface area contributed by atoms with E-state index in [9.17, 15) is 14.0 Å². The van der Waals surface area contributed by atoms with Crippen LogP contribution >= 0.6 is 0 Å². The van der Waals surface area contributed by atoms with Crippen LogP contribution in [0.15, 0.2) is 36.4 Å². The number of carbonyl (C=O) groups is 2. The van der Waals surface area contributed by atoms with Crippen LogP contribution in [-0.2, 0) is 11.2 Å². The summed E-state index contributed by atoms with van der Waals surface area (Å²) in [7, 11) is 0. The zero-order valence-electron chi connectivity index (χ0n) is 14.9. The molecule has 2 aromatic carbocycles. The van der Waals surface area contributed by atoms with E-state index in [4.69, 9.17) is 4.74 Å². The zero-order valence-corrected chi connectivity index (χ0v) is 14.9. The molecule has 140 valence electrons. The molecule has 0 radical (unpaired) electrons. The molecule has 0 bridgehead atoms. The third-order valence-corrected chi connectivity index (χ3v) is 5.04. The predicted molar refractivity (Wildman–Crippen MR) is 99.3 cm³/mol. The lowest BCUT2D eigenvalue weighted by Gasteiger charge is -2.19. The molecule has 2 aliphatic heterocycles. The fourth-order valence-electron chi connectivity index (χ4n) is 3.65. The van der Waals surface area contributed by atoms with Gasteiger partial charge in [0.2, 0.25) is 5.91 Å². The molecule has 0 aliphatic carbocycles. The number of amides is 2. The molecule has 4 rings (SSSR count). The fourth-order valence-corrected chi connectivity index (χ4v) is 3.65. The first-order valence-electron chi connectivity index (χ1n) is 9.26. The summed E-state index contributed by atoms with van der Waals surface area (Å²) in [5.74, 6) is -0.0419. The van der Waals surface area contributed by atoms with Gasteiger partial charge in [-0.15, -0.1) is 0 Å². The highest BCUT2D eigenvalue weighted by atomic mass is 19.1. The first kappa shape index (κ1) is 17.5. The van der Waals surface area contributed by atoms with Gasteiger partial charge in [-0.25, -0.2) is 4.39 Å². The number of halogens is 1. The minimum Gasteiger partial charge on any atom is -0.493 e. The second kappa shape index (κ2) is 7.39. The zero-order chi connectivity index (χ0) is 18.8. The maximum absolute atomic E-state index is 13.5. The van der Waals surface area contributed by atoms with Crippen LogP contribution in [-0.4, -0.2) is 18.4 Å². The van der Waals surface area contributed by atoms with E-state index >= 15 is 0 Å². The van der Waals surface area contributed by atoms with Gasteiger partial charge in [-0.05, 0) is 55.5 Å². The summed E-state index contributed by atoms with van der Waals surface area (Å²) in [6.07, 6.45) is 3.52. The van der Waals surface area contributed by atoms with Gasteiger partial charge in [0.15, 0.2) is 0 Å². The van der Waals surface area contributed by atoms with Crippen molar-refractivity contribution in [1.29, 1.82) is 0 Å². The van der Waals surface area contributed by atoms with Crippen molar-refractivity contribution < 1.29 is 18.7 Å². The monoisotopic (exact) mass is 368 g/mol. The third-order valence-electron chi connectivity index (χ3n) is 5.04. The Morgan fingerprint density at radius 2 is 2.04 bits per heavy atom. The summed E-state index contributed by atoms with van der Waals surface area (Å²) in [4.78, 5) is 24.5. The number of hydrogen-bond donors (Lipinski definition) is 2. The van der Waals surface area contributed by atoms with Gasteiger partial charge in [-0.3, -0.25) is 9.59 Å². The lowest BCUT2D eigenvalue weighted by Crippen LogP contribution is -2.28. The highest BCUT2D eigenvalue weighted by Gasteiger charge is 2.23. The summed E-state index contributed by atoms with van der Waals surface area (Å²) in [6.45, 7) is 0.501. The number of benzene rings is 2. The number of nitrogens with one attached hydrogen (secondary N) is 2. The van der Waals surface area contributed by atoms with E-state index in [2.05, 4.69) is 10.6 Å². The molecule has 1 atom stereocenters. The standard InChI is InChI=1S/C21H21FN2O3/c22-15-7-8-16-18(4-2-10-27-19(16)12-15)24-21(26)14-6-9-17-13(11-14)3-1-5-20(25)23-17/h6-9,11-12,18H,1-5,10H2,(H,23,25)(H,24,26). The molecule has 2 N–H and O–H groups in total. The molecular weight excluding hydrogens is 347 g/mol. The van der Waals surface area contributed by atoms with Crippen LogP contribution in [0, 0.1) is 5.82 Å². The number of fused-ring (bicyclic) bond motifs is 2. The molecule has 27 heavy (non-hydrogen) atoms. The molecule has 0 saturated carbocycles. The van der Waals surface area contributed by atoms with Gasteiger partial charge in [-0.1, -0.05) is 6.07 Å². The van der Waals surface area contributed by atoms with Crippen LogP contribution < -0.4 is 15.4 Å². The van der Waals surface area contributed by atoms with Crippen molar-refractivity contribution in [3.63, 3.8) is 0 Å². The molecule has 2 aromatic rings. The van der Waals surface area contributed by atoms with Gasteiger partial charge in [0.05, 0.1) is 12.6 Å². The van der Waals surface area contributed by atoms with Crippen LogP contribution in [0.1, 0.15) is 53.2 Å². The highest BCUT2D eigenvalue weighted by molar-refractivity contribution is 5.97. The number of ether oxygens (including phenoxy) is 1. The number of rotatable bonds is 2. The Kier molecular flexibility index (Phi) is 4.79. The van der Waals surface area contributed by atoms with Crippen molar-refractivity contribution in [3.05, 3.63) is 58.9 Å². The Morgan fingerprint density at radius 1 is 1.15 bits per heavy atom. The largest absolute Gasteiger partial charge is 0.493 e. The Hall–Kier alpha value is -2.89. The second-order valence-electron chi connectivity index (χ2n) is 6.97. The predicted octanol–water partition coefficient (Wildman–Crippen LogP) is 3.74. The van der Waals surface area contributed by atoms with E-state index in [1.165, 1.54) is 12.1 Å². The van der Waals surface area contributed by atoms with Crippen molar-refractivity contribution in [3.8, 4) is 5.75 Å². The van der Waals surface area contributed by atoms with Crippen LogP contribution in [0.3, 0.4) is 0 Å². The number of aryl methyl sites for hydroxylation is 1. The SMILES string of the molecule is O=C1CCCc2cc(C(=O)NC3CCCOc4cc(F)ccc43)ccc2N1. The topological polar surface area (TPSA) is 67.4 Å². The lowest BCUT2D eigenvalue weighted by atomic mass is 10.0. The van der Waals surface area contributed by atoms with Crippen LogP contribution in [0.4, 0.5) is 10.1 Å². The summed E-state index contributed by atoms with van der Waals surface area (Å²) < 4.78 is 19.1. The van der Waals surface area contributed by atoms with Gasteiger partial charge >= 0.3 is 0 Å². The van der Waals surface area contributed by atoms with Gasteiger partial charge in [-0.2, -0.15) is 0 Å². The molecule has 2 amide bonds. The Bertz CT molecular complexity index is 897. The summed E-state index contributed by atoms with van der Waals surface area (Å²) in [5, 5.41) is 5.93. The summed E-state index contributed by atoms with van der Waals surface area (Å²) in [6, 6.07) is 9.55. The third kappa shape index (κ3) is 3.79. The van der Waals surface area contributed by atoms with Crippen molar-refractivity contribution in [2.24, 2.45) is 0 Å². The average molecular weight is 368 g/mol. The van der Waals surface area contributed by atoms with Crippen LogP contribution in [0.25, 0.3) is 0 Å². The van der Waals surface area contributed by atoms with E-state index in [1.807, 2.05) is 6.07 Å². The molecule has 0 saturated heterocycles. The number of anilines is 1. The van der Waals surface area contributed by atoms with Crippen molar-refractivity contribution >= 4 is 17.5 Å². The van der Waals surface area contributed by atoms with E-state index in [1.54, 1.807) is 18.2 Å². The quantitative estimate of drug-likeness (QED) is 0.848. The highest BCUT2D eigenvalue weighted by Crippen LogP contribution is 2.32. The smallest absolute Gasteiger partial charge is 0.251 e. The van der Waals surface area contributed by atoms with Crippen LogP contribution in [0.2, 0.25) is 0 Å². The number of carbonyl (C=O) groups excluding carboxylic acids is 2. The lowest BCUT2D eigenvalue weighted by molar-refractivity contribution is -0.116. The molecule has 1 unspecified atom stereocenters. The van der Waals surface area contributed by atoms with E-state index in [0.717, 1.165) is 42.5 Å². The summed E-state index contributed by atoms with van der Waals surface area (Å²) in [5.41, 5.74) is 3.10. The molecule has 6 heteroatoms. The van der Waals surface area contributed by atoms with E-state index < -0.39 is 0 Å². The van der Waals surface area contributed by atoms with Crippen LogP contribution in [0.5, 0.6) is 5.75 Å². The number of hydrogen-bond acceptors (Lipinski definition) is 3. The van der Waals surface area contributed by atoms with Gasteiger partial charge in [0.1, 0.15) is 11.6 Å². The van der Waals surface area contributed by atoms with Gasteiger partial charge in [0.25, 0.3) is 5.91 Å². The molecule has 2 aliphatic rings. The Balaban J connectivity index is 1.56. The Labute approximate surface area is 156 Å². The van der Waals surface area contributed by atoms with Crippen molar-refractivity contribution in [1.82, 2.24) is 5.32 Å². The molecule has 0 aromatic heterocycles. The normalized spacial score (nSPS) is 18.9. The minimum absolute atomic E-state index is 0.00764. The molecule has 0 fully saturated rings. The maximum atomic E-state index is 13.5. The molecule has 5 nitrogen and oxygen atoms in total. The molecular formula is C21H21FN2O3. The molecule has 2 heterocycles. The second-order valence-corrected chi connectivity index (χ2v) is 6.97. The maximum Gasteiger partial charge on any atom is 0.251 e. The summed E-state index contributed by atoms with van der Waals surface area (Å²) >= 11 is 0. The average Bonchev–Trinajstić information content (AvgIpc) is 2.96. The first-order valence-corrected chi connectivity index (χ1v) is 9.26. The molecule has 0 spiro atoms. The van der Waals surface area contributed by atoms with E-state index in [0.29, 0.717) is 24.3 Å². The minimum atomic E-state index is -0.353. The Morgan fingerprint density at radius 3 is 2.93 bits per heavy atom. The van der Waals surface area contributed by atoms with E-state index in [-0.39, 0.29) is 23.7 Å². The van der Waals surface area contributed by atoms with Crippen molar-refractivity contribution in [2.45, 2.75) is 38.1 Å². The van der Waals surface area contributed by atoms with Gasteiger partial charge in [0, 0.05) is 29.3 Å². The first-order chi connectivity index (χ1) is 13.1. The van der Waals surface area contributed by atoms with Gasteiger partial charge < -0.3 is 15.4 Å².